The van der Waals surface area contributed by atoms with E-state index in [1.807, 2.05) is 24.3 Å². The van der Waals surface area contributed by atoms with Gasteiger partial charge in [0.2, 0.25) is 0 Å². The molecule has 0 unspecified atom stereocenters. The highest BCUT2D eigenvalue weighted by molar-refractivity contribution is 9.10. The number of ether oxygens (including phenoxy) is 2. The fraction of sp³-hybridized carbons (Fsp3) is 0.143. The monoisotopic (exact) mass is 496 g/mol. The molecule has 10 nitrogen and oxygen atoms in total. The maximum Gasteiger partial charge on any atom is 0.345 e. The average Bonchev–Trinajstić information content (AvgIpc) is 3.33. The summed E-state index contributed by atoms with van der Waals surface area (Å²) in [6.07, 6.45) is 2.63. The second-order valence-corrected chi connectivity index (χ2v) is 7.46. The van der Waals surface area contributed by atoms with Gasteiger partial charge in [-0.25, -0.2) is 9.78 Å². The van der Waals surface area contributed by atoms with Crippen LogP contribution in [0.2, 0.25) is 0 Å². The summed E-state index contributed by atoms with van der Waals surface area (Å²) in [5, 5.41) is 11.3. The quantitative estimate of drug-likeness (QED) is 0.387. The number of rotatable bonds is 7. The van der Waals surface area contributed by atoms with Gasteiger partial charge < -0.3 is 14.5 Å². The maximum absolute atomic E-state index is 12.3. The zero-order valence-corrected chi connectivity index (χ0v) is 18.4. The molecule has 0 fully saturated rings. The van der Waals surface area contributed by atoms with Crippen molar-refractivity contribution in [3.8, 4) is 22.8 Å². The predicted octanol–water partition coefficient (Wildman–Crippen LogP) is 2.93. The van der Waals surface area contributed by atoms with Crippen LogP contribution in [0.5, 0.6) is 5.75 Å². The van der Waals surface area contributed by atoms with Crippen molar-refractivity contribution in [3.05, 3.63) is 80.9 Å². The van der Waals surface area contributed by atoms with Crippen molar-refractivity contribution in [2.75, 3.05) is 6.61 Å². The molecule has 0 bridgehead atoms. The van der Waals surface area contributed by atoms with E-state index in [2.05, 4.69) is 41.4 Å². The van der Waals surface area contributed by atoms with Crippen molar-refractivity contribution in [2.24, 2.45) is 0 Å². The molecule has 0 aliphatic heterocycles. The number of hydrogen-bond donors (Lipinski definition) is 1. The number of nitrogens with one attached hydrogen (secondary N) is 1. The van der Waals surface area contributed by atoms with Gasteiger partial charge in [-0.2, -0.15) is 4.68 Å². The van der Waals surface area contributed by atoms with Crippen LogP contribution in [0.4, 0.5) is 0 Å². The molecule has 162 valence electrons. The number of aromatic amines is 1. The van der Waals surface area contributed by atoms with Gasteiger partial charge in [-0.15, -0.1) is 5.10 Å². The van der Waals surface area contributed by atoms with Gasteiger partial charge in [0.1, 0.15) is 35.8 Å². The molecule has 0 saturated heterocycles. The van der Waals surface area contributed by atoms with E-state index in [0.29, 0.717) is 23.6 Å². The molecule has 0 spiro atoms. The number of aromatic nitrogens is 6. The van der Waals surface area contributed by atoms with Crippen LogP contribution in [0.25, 0.3) is 17.1 Å². The summed E-state index contributed by atoms with van der Waals surface area (Å²) < 4.78 is 13.3. The maximum atomic E-state index is 12.3. The van der Waals surface area contributed by atoms with E-state index in [1.54, 1.807) is 25.1 Å². The largest absolute Gasteiger partial charge is 0.487 e. The van der Waals surface area contributed by atoms with Crippen LogP contribution < -0.4 is 10.3 Å². The molecule has 0 saturated carbocycles. The summed E-state index contributed by atoms with van der Waals surface area (Å²) in [6.45, 7) is 2.16. The van der Waals surface area contributed by atoms with Crippen LogP contribution in [-0.4, -0.2) is 42.8 Å². The van der Waals surface area contributed by atoms with E-state index in [-0.39, 0.29) is 18.0 Å². The molecular formula is C21H17BrN6O4. The Morgan fingerprint density at radius 1 is 1.19 bits per heavy atom. The number of carbonyl (C=O) groups is 1. The van der Waals surface area contributed by atoms with Crippen molar-refractivity contribution in [1.82, 2.24) is 30.2 Å². The Morgan fingerprint density at radius 3 is 2.69 bits per heavy atom. The first-order chi connectivity index (χ1) is 15.5. The Bertz CT molecular complexity index is 1290. The molecule has 0 aliphatic rings. The average molecular weight is 497 g/mol. The van der Waals surface area contributed by atoms with Crippen molar-refractivity contribution in [2.45, 2.75) is 13.5 Å². The molecule has 0 aliphatic carbocycles. The third-order valence-corrected chi connectivity index (χ3v) is 4.96. The summed E-state index contributed by atoms with van der Waals surface area (Å²) in [5.74, 6) is 0.0881. The van der Waals surface area contributed by atoms with Gasteiger partial charge in [-0.1, -0.05) is 28.1 Å². The number of tetrazole rings is 1. The minimum atomic E-state index is -0.723. The van der Waals surface area contributed by atoms with Crippen molar-refractivity contribution in [1.29, 1.82) is 0 Å². The van der Waals surface area contributed by atoms with Crippen molar-refractivity contribution in [3.63, 3.8) is 0 Å². The fourth-order valence-corrected chi connectivity index (χ4v) is 3.14. The normalized spacial score (nSPS) is 10.7. The number of H-pyrrole nitrogens is 1. The highest BCUT2D eigenvalue weighted by Gasteiger charge is 2.15. The minimum absolute atomic E-state index is 0.161. The lowest BCUT2D eigenvalue weighted by Gasteiger charge is -2.13. The molecule has 2 aromatic carbocycles. The summed E-state index contributed by atoms with van der Waals surface area (Å²) in [6, 6.07) is 13.0. The highest BCUT2D eigenvalue weighted by atomic mass is 79.9. The van der Waals surface area contributed by atoms with Crippen LogP contribution in [0, 0.1) is 0 Å². The second kappa shape index (κ2) is 9.52. The predicted molar refractivity (Wildman–Crippen MR) is 117 cm³/mol. The SMILES string of the molecule is CCOC(=O)c1cnc(-c2ccc(OCc3ccc(Br)cc3)c(-n3cnnn3)c2)[nH]c1=O. The van der Waals surface area contributed by atoms with Gasteiger partial charge >= 0.3 is 5.97 Å². The zero-order valence-electron chi connectivity index (χ0n) is 16.9. The number of hydrogen-bond acceptors (Lipinski definition) is 8. The Labute approximate surface area is 190 Å². The van der Waals surface area contributed by atoms with Gasteiger partial charge in [-0.3, -0.25) is 4.79 Å². The van der Waals surface area contributed by atoms with Gasteiger partial charge in [0.15, 0.2) is 0 Å². The van der Waals surface area contributed by atoms with Crippen LogP contribution >= 0.6 is 15.9 Å². The van der Waals surface area contributed by atoms with Gasteiger partial charge in [-0.05, 0) is 53.2 Å². The van der Waals surface area contributed by atoms with E-state index in [4.69, 9.17) is 9.47 Å². The summed E-state index contributed by atoms with van der Waals surface area (Å²) in [4.78, 5) is 31.0. The molecule has 32 heavy (non-hydrogen) atoms. The molecule has 0 amide bonds. The Hall–Kier alpha value is -3.86. The third-order valence-electron chi connectivity index (χ3n) is 4.43. The molecule has 1 N–H and O–H groups in total. The van der Waals surface area contributed by atoms with Gasteiger partial charge in [0, 0.05) is 16.2 Å². The molecule has 0 radical (unpaired) electrons. The van der Waals surface area contributed by atoms with E-state index in [9.17, 15) is 9.59 Å². The number of esters is 1. The van der Waals surface area contributed by atoms with Gasteiger partial charge in [0.05, 0.1) is 6.61 Å². The fourth-order valence-electron chi connectivity index (χ4n) is 2.87. The van der Waals surface area contributed by atoms with Crippen LogP contribution in [0.1, 0.15) is 22.8 Å². The first-order valence-electron chi connectivity index (χ1n) is 9.56. The number of carbonyl (C=O) groups excluding carboxylic acids is 1. The molecule has 11 heteroatoms. The smallest absolute Gasteiger partial charge is 0.345 e. The topological polar surface area (TPSA) is 125 Å². The summed E-state index contributed by atoms with van der Waals surface area (Å²) >= 11 is 3.41. The van der Waals surface area contributed by atoms with E-state index >= 15 is 0 Å². The Balaban J connectivity index is 1.65. The van der Waals surface area contributed by atoms with Crippen molar-refractivity contribution >= 4 is 21.9 Å². The standard InChI is InChI=1S/C21H17BrN6O4/c1-2-31-21(30)16-10-23-19(25-20(16)29)14-5-8-18(17(9-14)28-12-24-26-27-28)32-11-13-3-6-15(22)7-4-13/h3-10,12H,2,11H2,1H3,(H,23,25,29). The van der Waals surface area contributed by atoms with E-state index < -0.39 is 11.5 Å². The molecule has 2 heterocycles. The molecule has 2 aromatic heterocycles. The third kappa shape index (κ3) is 4.72. The van der Waals surface area contributed by atoms with Crippen LogP contribution in [-0.2, 0) is 11.3 Å². The van der Waals surface area contributed by atoms with Gasteiger partial charge in [0.25, 0.3) is 5.56 Å². The highest BCUT2D eigenvalue weighted by Crippen LogP contribution is 2.28. The minimum Gasteiger partial charge on any atom is -0.487 e. The second-order valence-electron chi connectivity index (χ2n) is 6.55. The Kier molecular flexibility index (Phi) is 6.36. The first kappa shape index (κ1) is 21.4. The van der Waals surface area contributed by atoms with Crippen LogP contribution in [0.15, 0.2) is 64.3 Å². The van der Waals surface area contributed by atoms with Crippen molar-refractivity contribution < 1.29 is 14.3 Å². The summed E-state index contributed by atoms with van der Waals surface area (Å²) in [7, 11) is 0. The Morgan fingerprint density at radius 2 is 2.00 bits per heavy atom. The first-order valence-corrected chi connectivity index (χ1v) is 10.4. The summed E-state index contributed by atoms with van der Waals surface area (Å²) in [5.41, 5.74) is 1.37. The lowest BCUT2D eigenvalue weighted by atomic mass is 10.1. The number of halogens is 1. The molecule has 0 atom stereocenters. The lowest BCUT2D eigenvalue weighted by molar-refractivity contribution is 0.0523. The molecule has 4 aromatic rings. The van der Waals surface area contributed by atoms with Crippen LogP contribution in [0.3, 0.4) is 0 Å². The lowest BCUT2D eigenvalue weighted by Crippen LogP contribution is -2.21. The van der Waals surface area contributed by atoms with E-state index in [0.717, 1.165) is 10.0 Å². The molecule has 4 rings (SSSR count). The number of benzene rings is 2. The van der Waals surface area contributed by atoms with E-state index in [1.165, 1.54) is 17.2 Å². The molecular weight excluding hydrogens is 480 g/mol. The zero-order chi connectivity index (χ0) is 22.5. The number of nitrogens with zero attached hydrogens (tertiary/aromatic N) is 5.